The molecule has 3 nitrogen and oxygen atoms in total. The summed E-state index contributed by atoms with van der Waals surface area (Å²) in [6, 6.07) is 7.78. The van der Waals surface area contributed by atoms with Crippen LogP contribution >= 0.6 is 23.1 Å². The predicted molar refractivity (Wildman–Crippen MR) is 80.9 cm³/mol. The van der Waals surface area contributed by atoms with Gasteiger partial charge in [-0.25, -0.2) is 4.98 Å². The predicted octanol–water partition coefficient (Wildman–Crippen LogP) is 3.36. The molecule has 0 aromatic carbocycles. The molecule has 0 aliphatic carbocycles. The third kappa shape index (κ3) is 3.58. The number of carbonyl (C=O) groups is 1. The zero-order chi connectivity index (χ0) is 13.7. The van der Waals surface area contributed by atoms with E-state index in [4.69, 9.17) is 0 Å². The zero-order valence-electron chi connectivity index (χ0n) is 11.0. The van der Waals surface area contributed by atoms with E-state index >= 15 is 0 Å². The molecule has 2 heterocycles. The normalized spacial score (nSPS) is 10.4. The van der Waals surface area contributed by atoms with E-state index in [1.54, 1.807) is 29.7 Å². The van der Waals surface area contributed by atoms with Gasteiger partial charge in [-0.15, -0.1) is 23.1 Å². The van der Waals surface area contributed by atoms with Crippen LogP contribution in [0.2, 0.25) is 0 Å². The molecule has 0 saturated carbocycles. The number of thiophene rings is 1. The summed E-state index contributed by atoms with van der Waals surface area (Å²) < 4.78 is 0. The van der Waals surface area contributed by atoms with Crippen molar-refractivity contribution >= 4 is 29.0 Å². The average molecular weight is 292 g/mol. The van der Waals surface area contributed by atoms with Crippen molar-refractivity contribution in [2.75, 3.05) is 6.26 Å². The molecule has 0 aliphatic rings. The Kier molecular flexibility index (Phi) is 4.99. The van der Waals surface area contributed by atoms with Crippen molar-refractivity contribution in [3.8, 4) is 0 Å². The highest BCUT2D eigenvalue weighted by molar-refractivity contribution is 7.98. The lowest BCUT2D eigenvalue weighted by atomic mass is 10.2. The molecule has 0 fully saturated rings. The molecule has 5 heteroatoms. The number of amides is 1. The van der Waals surface area contributed by atoms with Crippen molar-refractivity contribution in [3.05, 3.63) is 45.8 Å². The largest absolute Gasteiger partial charge is 0.347 e. The monoisotopic (exact) mass is 292 g/mol. The van der Waals surface area contributed by atoms with Crippen molar-refractivity contribution in [2.24, 2.45) is 0 Å². The molecule has 2 aromatic heterocycles. The molecule has 1 amide bonds. The van der Waals surface area contributed by atoms with E-state index < -0.39 is 0 Å². The summed E-state index contributed by atoms with van der Waals surface area (Å²) in [6.45, 7) is 2.71. The third-order valence-electron chi connectivity index (χ3n) is 2.70. The fraction of sp³-hybridized carbons (Fsp3) is 0.286. The van der Waals surface area contributed by atoms with Crippen molar-refractivity contribution < 1.29 is 4.79 Å². The Bertz CT molecular complexity index is 566. The topological polar surface area (TPSA) is 42.0 Å². The molecule has 0 aliphatic heterocycles. The van der Waals surface area contributed by atoms with Crippen LogP contribution in [-0.4, -0.2) is 17.1 Å². The van der Waals surface area contributed by atoms with Crippen LogP contribution in [0.3, 0.4) is 0 Å². The van der Waals surface area contributed by atoms with Crippen LogP contribution in [0, 0.1) is 0 Å². The summed E-state index contributed by atoms with van der Waals surface area (Å²) in [6.07, 6.45) is 4.67. The van der Waals surface area contributed by atoms with Crippen LogP contribution in [0.15, 0.2) is 35.5 Å². The van der Waals surface area contributed by atoms with Crippen LogP contribution in [0.1, 0.15) is 27.0 Å². The van der Waals surface area contributed by atoms with Gasteiger partial charge in [0.05, 0.1) is 12.1 Å². The number of carbonyl (C=O) groups excluding carboxylic acids is 1. The Hall–Kier alpha value is -1.33. The number of hydrogen-bond donors (Lipinski definition) is 1. The van der Waals surface area contributed by atoms with Gasteiger partial charge in [-0.3, -0.25) is 4.79 Å². The van der Waals surface area contributed by atoms with E-state index in [1.165, 1.54) is 21.5 Å². The van der Waals surface area contributed by atoms with E-state index in [0.717, 1.165) is 11.4 Å². The zero-order valence-corrected chi connectivity index (χ0v) is 12.6. The minimum atomic E-state index is -0.0658. The van der Waals surface area contributed by atoms with Gasteiger partial charge in [-0.05, 0) is 36.9 Å². The second-order valence-electron chi connectivity index (χ2n) is 3.96. The average Bonchev–Trinajstić information content (AvgIpc) is 2.92. The summed E-state index contributed by atoms with van der Waals surface area (Å²) in [7, 11) is 0. The van der Waals surface area contributed by atoms with Gasteiger partial charge >= 0.3 is 0 Å². The van der Waals surface area contributed by atoms with E-state index in [1.807, 2.05) is 6.26 Å². The van der Waals surface area contributed by atoms with Crippen LogP contribution in [0.4, 0.5) is 0 Å². The molecule has 2 rings (SSSR count). The molecule has 19 heavy (non-hydrogen) atoms. The molecule has 0 spiro atoms. The number of aryl methyl sites for hydroxylation is 1. The quantitative estimate of drug-likeness (QED) is 0.859. The number of aromatic nitrogens is 1. The molecule has 0 bridgehead atoms. The van der Waals surface area contributed by atoms with Gasteiger partial charge in [-0.2, -0.15) is 0 Å². The first-order valence-corrected chi connectivity index (χ1v) is 8.13. The van der Waals surface area contributed by atoms with Crippen molar-refractivity contribution in [1.29, 1.82) is 0 Å². The fourth-order valence-corrected chi connectivity index (χ4v) is 3.14. The molecule has 0 unspecified atom stereocenters. The van der Waals surface area contributed by atoms with Crippen LogP contribution < -0.4 is 5.32 Å². The number of pyridine rings is 1. The van der Waals surface area contributed by atoms with Crippen molar-refractivity contribution in [3.63, 3.8) is 0 Å². The highest BCUT2D eigenvalue weighted by atomic mass is 32.2. The van der Waals surface area contributed by atoms with E-state index in [0.29, 0.717) is 12.1 Å². The van der Waals surface area contributed by atoms with Crippen LogP contribution in [0.5, 0.6) is 0 Å². The summed E-state index contributed by atoms with van der Waals surface area (Å²) in [5.74, 6) is -0.0658. The molecular formula is C14H16N2OS2. The molecular weight excluding hydrogens is 276 g/mol. The van der Waals surface area contributed by atoms with Crippen molar-refractivity contribution in [1.82, 2.24) is 10.3 Å². The summed E-state index contributed by atoms with van der Waals surface area (Å²) in [5.41, 5.74) is 0.641. The second-order valence-corrected chi connectivity index (χ2v) is 6.01. The number of hydrogen-bond acceptors (Lipinski definition) is 4. The molecule has 100 valence electrons. The Balaban J connectivity index is 2.01. The second kappa shape index (κ2) is 6.73. The Morgan fingerprint density at radius 3 is 2.84 bits per heavy atom. The van der Waals surface area contributed by atoms with Crippen molar-refractivity contribution in [2.45, 2.75) is 24.9 Å². The molecule has 0 atom stereocenters. The first-order valence-electron chi connectivity index (χ1n) is 6.09. The molecule has 0 radical (unpaired) electrons. The number of nitrogens with one attached hydrogen (secondary N) is 1. The van der Waals surface area contributed by atoms with Gasteiger partial charge < -0.3 is 5.32 Å². The Morgan fingerprint density at radius 2 is 2.16 bits per heavy atom. The molecule has 0 saturated heterocycles. The molecule has 1 N–H and O–H groups in total. The third-order valence-corrected chi connectivity index (χ3v) is 4.64. The summed E-state index contributed by atoms with van der Waals surface area (Å²) >= 11 is 3.23. The lowest BCUT2D eigenvalue weighted by molar-refractivity contribution is 0.0947. The highest BCUT2D eigenvalue weighted by Crippen LogP contribution is 2.18. The van der Waals surface area contributed by atoms with Gasteiger partial charge in [0.1, 0.15) is 5.03 Å². The highest BCUT2D eigenvalue weighted by Gasteiger charge is 2.11. The first kappa shape index (κ1) is 14.1. The number of nitrogens with zero attached hydrogens (tertiary/aromatic N) is 1. The van der Waals surface area contributed by atoms with E-state index in [9.17, 15) is 4.79 Å². The van der Waals surface area contributed by atoms with Gasteiger partial charge in [0.25, 0.3) is 5.91 Å². The number of rotatable bonds is 5. The van der Waals surface area contributed by atoms with E-state index in [2.05, 4.69) is 29.4 Å². The van der Waals surface area contributed by atoms with E-state index in [-0.39, 0.29) is 5.91 Å². The van der Waals surface area contributed by atoms with Crippen LogP contribution in [-0.2, 0) is 13.0 Å². The van der Waals surface area contributed by atoms with Crippen LogP contribution in [0.25, 0.3) is 0 Å². The van der Waals surface area contributed by atoms with Gasteiger partial charge in [0, 0.05) is 16.0 Å². The number of thioether (sulfide) groups is 1. The smallest absolute Gasteiger partial charge is 0.254 e. The van der Waals surface area contributed by atoms with Gasteiger partial charge in [0.2, 0.25) is 0 Å². The fourth-order valence-electron chi connectivity index (χ4n) is 1.70. The minimum Gasteiger partial charge on any atom is -0.347 e. The lowest BCUT2D eigenvalue weighted by Gasteiger charge is -2.06. The van der Waals surface area contributed by atoms with Gasteiger partial charge in [0.15, 0.2) is 0 Å². The SMILES string of the molecule is CCc1ccc(CNC(=O)c2cccnc2SC)s1. The molecule has 2 aromatic rings. The maximum absolute atomic E-state index is 12.1. The minimum absolute atomic E-state index is 0.0658. The summed E-state index contributed by atoms with van der Waals surface area (Å²) in [4.78, 5) is 18.8. The maximum atomic E-state index is 12.1. The summed E-state index contributed by atoms with van der Waals surface area (Å²) in [5, 5.41) is 3.71. The maximum Gasteiger partial charge on any atom is 0.254 e. The first-order chi connectivity index (χ1) is 9.24. The standard InChI is InChI=1S/C14H16N2OS2/c1-3-10-6-7-11(19-10)9-16-13(17)12-5-4-8-15-14(12)18-2/h4-8H,3,9H2,1-2H3,(H,16,17). The Morgan fingerprint density at radius 1 is 1.37 bits per heavy atom. The lowest BCUT2D eigenvalue weighted by Crippen LogP contribution is -2.23. The van der Waals surface area contributed by atoms with Gasteiger partial charge in [-0.1, -0.05) is 6.92 Å². The Labute approximate surface area is 121 Å².